The molecule has 0 aliphatic rings. The van der Waals surface area contributed by atoms with Crippen molar-refractivity contribution in [2.75, 3.05) is 6.54 Å². The third kappa shape index (κ3) is 39.3. The summed E-state index contributed by atoms with van der Waals surface area (Å²) < 4.78 is 0. The summed E-state index contributed by atoms with van der Waals surface area (Å²) in [6.07, 6.45) is 48.9. The van der Waals surface area contributed by atoms with Gasteiger partial charge in [0.2, 0.25) is 0 Å². The van der Waals surface area contributed by atoms with Crippen molar-refractivity contribution in [1.82, 2.24) is 5.32 Å². The monoisotopic (exact) mass is 580 g/mol. The van der Waals surface area contributed by atoms with Gasteiger partial charge in [-0.25, -0.2) is 4.79 Å². The molecule has 0 aliphatic heterocycles. The van der Waals surface area contributed by atoms with Crippen molar-refractivity contribution < 1.29 is 9.90 Å². The molecule has 246 valence electrons. The molecule has 0 radical (unpaired) electrons. The first-order chi connectivity index (χ1) is 20.3. The molecule has 0 aliphatic carbocycles. The fourth-order valence-corrected chi connectivity index (χ4v) is 6.23. The molecular weight excluding hydrogens is 502 g/mol. The van der Waals surface area contributed by atoms with Gasteiger partial charge in [0.15, 0.2) is 0 Å². The minimum absolute atomic E-state index is 0.606. The zero-order chi connectivity index (χ0) is 29.7. The fourth-order valence-electron chi connectivity index (χ4n) is 6.23. The Morgan fingerprint density at radius 2 is 0.512 bits per heavy atom. The van der Waals surface area contributed by atoms with Gasteiger partial charge in [-0.15, -0.1) is 0 Å². The van der Waals surface area contributed by atoms with E-state index in [0.717, 1.165) is 12.8 Å². The predicted octanol–water partition coefficient (Wildman–Crippen LogP) is 13.9. The topological polar surface area (TPSA) is 49.3 Å². The molecule has 0 unspecified atom stereocenters. The molecule has 0 aromatic carbocycles. The molecule has 41 heavy (non-hydrogen) atoms. The van der Waals surface area contributed by atoms with Crippen LogP contribution in [0.15, 0.2) is 0 Å². The molecule has 0 bridgehead atoms. The molecule has 0 heterocycles. The number of carbonyl (C=O) groups is 1. The van der Waals surface area contributed by atoms with Crippen molar-refractivity contribution >= 4 is 6.09 Å². The highest BCUT2D eigenvalue weighted by atomic mass is 16.4. The Hall–Kier alpha value is -0.730. The number of nitrogens with one attached hydrogen (secondary N) is 1. The number of unbranched alkanes of at least 4 members (excludes halogenated alkanes) is 34. The van der Waals surface area contributed by atoms with Crippen molar-refractivity contribution in [3.05, 3.63) is 0 Å². The fraction of sp³-hybridized carbons (Fsp3) is 0.974. The quantitative estimate of drug-likeness (QED) is 0.0725. The van der Waals surface area contributed by atoms with Gasteiger partial charge >= 0.3 is 6.09 Å². The van der Waals surface area contributed by atoms with Gasteiger partial charge in [0.05, 0.1) is 0 Å². The summed E-state index contributed by atoms with van der Waals surface area (Å²) in [4.78, 5) is 10.4. The average molecular weight is 580 g/mol. The minimum atomic E-state index is -0.897. The molecule has 0 aromatic heterocycles. The maximum atomic E-state index is 10.4. The largest absolute Gasteiger partial charge is 0.465 e. The highest BCUT2D eigenvalue weighted by Gasteiger charge is 1.98. The third-order valence-electron chi connectivity index (χ3n) is 9.06. The van der Waals surface area contributed by atoms with Crippen molar-refractivity contribution in [1.29, 1.82) is 0 Å². The Kier molecular flexibility index (Phi) is 36.6. The van der Waals surface area contributed by atoms with E-state index in [-0.39, 0.29) is 0 Å². The molecule has 0 atom stereocenters. The van der Waals surface area contributed by atoms with E-state index >= 15 is 0 Å². The van der Waals surface area contributed by atoms with Crippen molar-refractivity contribution in [3.63, 3.8) is 0 Å². The van der Waals surface area contributed by atoms with E-state index in [9.17, 15) is 4.79 Å². The van der Waals surface area contributed by atoms with Crippen LogP contribution in [0.2, 0.25) is 0 Å². The second kappa shape index (κ2) is 37.3. The lowest BCUT2D eigenvalue weighted by atomic mass is 10.0. The Labute approximate surface area is 259 Å². The van der Waals surface area contributed by atoms with E-state index in [0.29, 0.717) is 6.54 Å². The van der Waals surface area contributed by atoms with E-state index in [1.165, 1.54) is 212 Å². The van der Waals surface area contributed by atoms with Gasteiger partial charge < -0.3 is 10.4 Å². The van der Waals surface area contributed by atoms with Crippen LogP contribution in [0, 0.1) is 0 Å². The van der Waals surface area contributed by atoms with Crippen molar-refractivity contribution in [2.24, 2.45) is 0 Å². The SMILES string of the molecule is CCCCCCCCCCCCCCCCCCCCCCCCCCCCCCCCCCCCCNC(=O)O. The predicted molar refractivity (Wildman–Crippen MR) is 183 cm³/mol. The van der Waals surface area contributed by atoms with Crippen LogP contribution in [0.1, 0.15) is 232 Å². The Balaban J connectivity index is 3.03. The molecule has 0 saturated heterocycles. The molecule has 3 heteroatoms. The maximum Gasteiger partial charge on any atom is 0.404 e. The lowest BCUT2D eigenvalue weighted by molar-refractivity contribution is 0.194. The van der Waals surface area contributed by atoms with E-state index in [4.69, 9.17) is 5.11 Å². The Morgan fingerprint density at radius 3 is 0.683 bits per heavy atom. The van der Waals surface area contributed by atoms with E-state index in [1.54, 1.807) is 0 Å². The van der Waals surface area contributed by atoms with Crippen LogP contribution in [0.5, 0.6) is 0 Å². The van der Waals surface area contributed by atoms with Crippen LogP contribution in [0.3, 0.4) is 0 Å². The average Bonchev–Trinajstić information content (AvgIpc) is 2.97. The first-order valence-corrected chi connectivity index (χ1v) is 19.2. The van der Waals surface area contributed by atoms with Crippen LogP contribution in [0.25, 0.3) is 0 Å². The maximum absolute atomic E-state index is 10.4. The van der Waals surface area contributed by atoms with E-state index < -0.39 is 6.09 Å². The Morgan fingerprint density at radius 1 is 0.341 bits per heavy atom. The molecule has 0 aromatic rings. The minimum Gasteiger partial charge on any atom is -0.465 e. The first-order valence-electron chi connectivity index (χ1n) is 19.2. The summed E-state index contributed by atoms with van der Waals surface area (Å²) in [5, 5.41) is 11.0. The number of carboxylic acid groups (broad SMARTS) is 1. The summed E-state index contributed by atoms with van der Waals surface area (Å²) in [5.41, 5.74) is 0. The molecule has 0 rings (SSSR count). The highest BCUT2D eigenvalue weighted by molar-refractivity contribution is 5.64. The zero-order valence-electron chi connectivity index (χ0n) is 28.3. The normalized spacial score (nSPS) is 11.3. The number of rotatable bonds is 36. The van der Waals surface area contributed by atoms with E-state index in [1.807, 2.05) is 0 Å². The lowest BCUT2D eigenvalue weighted by Gasteiger charge is -2.05. The van der Waals surface area contributed by atoms with Crippen LogP contribution < -0.4 is 5.32 Å². The lowest BCUT2D eigenvalue weighted by Crippen LogP contribution is -2.21. The first kappa shape index (κ1) is 40.3. The van der Waals surface area contributed by atoms with Crippen molar-refractivity contribution in [3.8, 4) is 0 Å². The zero-order valence-corrected chi connectivity index (χ0v) is 28.3. The Bertz CT molecular complexity index is 481. The number of hydrogen-bond acceptors (Lipinski definition) is 1. The second-order valence-corrected chi connectivity index (χ2v) is 13.3. The van der Waals surface area contributed by atoms with Gasteiger partial charge in [-0.2, -0.15) is 0 Å². The second-order valence-electron chi connectivity index (χ2n) is 13.3. The van der Waals surface area contributed by atoms with Crippen LogP contribution in [-0.4, -0.2) is 17.7 Å². The van der Waals surface area contributed by atoms with Gasteiger partial charge in [0.25, 0.3) is 0 Å². The molecule has 2 N–H and O–H groups in total. The number of hydrogen-bond donors (Lipinski definition) is 2. The van der Waals surface area contributed by atoms with Crippen LogP contribution >= 0.6 is 0 Å². The molecule has 1 amide bonds. The number of amides is 1. The molecule has 0 saturated carbocycles. The van der Waals surface area contributed by atoms with Gasteiger partial charge in [-0.1, -0.05) is 225 Å². The van der Waals surface area contributed by atoms with Gasteiger partial charge in [0.1, 0.15) is 0 Å². The third-order valence-corrected chi connectivity index (χ3v) is 9.06. The van der Waals surface area contributed by atoms with Gasteiger partial charge in [-0.3, -0.25) is 0 Å². The molecule has 0 spiro atoms. The summed E-state index contributed by atoms with van der Waals surface area (Å²) >= 11 is 0. The molecule has 0 fully saturated rings. The van der Waals surface area contributed by atoms with E-state index in [2.05, 4.69) is 12.2 Å². The molecule has 3 nitrogen and oxygen atoms in total. The summed E-state index contributed by atoms with van der Waals surface area (Å²) in [6, 6.07) is 0. The smallest absolute Gasteiger partial charge is 0.404 e. The summed E-state index contributed by atoms with van der Waals surface area (Å²) in [5.74, 6) is 0. The van der Waals surface area contributed by atoms with Gasteiger partial charge in [-0.05, 0) is 6.42 Å². The molecular formula is C38H77NO2. The highest BCUT2D eigenvalue weighted by Crippen LogP contribution is 2.17. The van der Waals surface area contributed by atoms with Crippen molar-refractivity contribution in [2.45, 2.75) is 232 Å². The summed E-state index contributed by atoms with van der Waals surface area (Å²) in [7, 11) is 0. The van der Waals surface area contributed by atoms with Gasteiger partial charge in [0, 0.05) is 6.54 Å². The van der Waals surface area contributed by atoms with Crippen LogP contribution in [0.4, 0.5) is 4.79 Å². The summed E-state index contributed by atoms with van der Waals surface area (Å²) in [6.45, 7) is 2.91. The van der Waals surface area contributed by atoms with Crippen LogP contribution in [-0.2, 0) is 0 Å². The standard InChI is InChI=1S/C38H77NO2/c1-2-3-4-5-6-7-8-9-10-11-12-13-14-15-16-17-18-19-20-21-22-23-24-25-26-27-28-29-30-31-32-33-34-35-36-37-39-38(40)41/h39H,2-37H2,1H3,(H,40,41).